The number of aromatic nitrogens is 1. The van der Waals surface area contributed by atoms with Crippen molar-refractivity contribution in [3.05, 3.63) is 36.0 Å². The molecule has 1 saturated heterocycles. The van der Waals surface area contributed by atoms with Crippen molar-refractivity contribution < 1.29 is 9.59 Å². The molecule has 134 valence electrons. The number of rotatable bonds is 6. The fraction of sp³-hybridized carbons (Fsp3) is 0.500. The highest BCUT2D eigenvalue weighted by Crippen LogP contribution is 2.23. The van der Waals surface area contributed by atoms with Crippen molar-refractivity contribution in [1.82, 2.24) is 14.8 Å². The summed E-state index contributed by atoms with van der Waals surface area (Å²) in [5.41, 5.74) is 2.26. The van der Waals surface area contributed by atoms with Crippen molar-refractivity contribution in [2.45, 2.75) is 45.6 Å². The molecule has 0 bridgehead atoms. The quantitative estimate of drug-likeness (QED) is 0.878. The van der Waals surface area contributed by atoms with Crippen LogP contribution in [-0.2, 0) is 16.0 Å². The van der Waals surface area contributed by atoms with E-state index in [0.717, 1.165) is 23.9 Å². The Labute approximate surface area is 149 Å². The molecule has 1 fully saturated rings. The Kier molecular flexibility index (Phi) is 5.41. The van der Waals surface area contributed by atoms with Crippen LogP contribution >= 0.6 is 0 Å². The van der Waals surface area contributed by atoms with Crippen molar-refractivity contribution in [1.29, 1.82) is 0 Å². The molecule has 2 amide bonds. The van der Waals surface area contributed by atoms with Gasteiger partial charge in [-0.1, -0.05) is 18.2 Å². The number of hydrogen-bond acceptors (Lipinski definition) is 2. The molecule has 2 aromatic rings. The van der Waals surface area contributed by atoms with E-state index in [4.69, 9.17) is 0 Å². The molecular formula is C20H27N3O2. The van der Waals surface area contributed by atoms with Crippen LogP contribution in [0, 0.1) is 0 Å². The molecule has 5 nitrogen and oxygen atoms in total. The van der Waals surface area contributed by atoms with E-state index in [9.17, 15) is 9.59 Å². The molecule has 0 aliphatic carbocycles. The molecule has 5 heteroatoms. The molecule has 1 aliphatic heterocycles. The molecule has 1 aromatic heterocycles. The lowest BCUT2D eigenvalue weighted by atomic mass is 10.1. The maximum atomic E-state index is 12.7. The number of carbonyl (C=O) groups is 2. The predicted octanol–water partition coefficient (Wildman–Crippen LogP) is 2.96. The number of hydrogen-bond donors (Lipinski definition) is 1. The van der Waals surface area contributed by atoms with Gasteiger partial charge in [0.2, 0.25) is 11.8 Å². The zero-order valence-electron chi connectivity index (χ0n) is 15.1. The summed E-state index contributed by atoms with van der Waals surface area (Å²) >= 11 is 0. The molecule has 25 heavy (non-hydrogen) atoms. The molecule has 3 rings (SSSR count). The van der Waals surface area contributed by atoms with Crippen LogP contribution in [0.5, 0.6) is 0 Å². The largest absolute Gasteiger partial charge is 0.361 e. The van der Waals surface area contributed by atoms with Crippen LogP contribution in [0.15, 0.2) is 30.5 Å². The van der Waals surface area contributed by atoms with Crippen molar-refractivity contribution >= 4 is 22.7 Å². The third kappa shape index (κ3) is 3.55. The van der Waals surface area contributed by atoms with Gasteiger partial charge in [0, 0.05) is 43.2 Å². The van der Waals surface area contributed by atoms with Crippen LogP contribution in [0.1, 0.15) is 38.7 Å². The highest BCUT2D eigenvalue weighted by molar-refractivity contribution is 5.89. The van der Waals surface area contributed by atoms with Crippen LogP contribution in [-0.4, -0.2) is 52.3 Å². The first-order valence-corrected chi connectivity index (χ1v) is 9.29. The Balaban J connectivity index is 1.65. The normalized spacial score (nSPS) is 17.2. The maximum absolute atomic E-state index is 12.7. The van der Waals surface area contributed by atoms with Gasteiger partial charge >= 0.3 is 0 Å². The summed E-state index contributed by atoms with van der Waals surface area (Å²) in [6.07, 6.45) is 4.83. The fourth-order valence-electron chi connectivity index (χ4n) is 3.79. The molecule has 0 saturated carbocycles. The molecular weight excluding hydrogens is 314 g/mol. The van der Waals surface area contributed by atoms with E-state index >= 15 is 0 Å². The van der Waals surface area contributed by atoms with E-state index in [2.05, 4.69) is 11.1 Å². The summed E-state index contributed by atoms with van der Waals surface area (Å²) in [4.78, 5) is 32.3. The van der Waals surface area contributed by atoms with E-state index in [1.54, 1.807) is 4.90 Å². The number of benzene rings is 1. The SMILES string of the molecule is CCN(CC)C(=O)[C@H]1CCCN1C(=O)CCc1c[nH]c2ccccc12. The predicted molar refractivity (Wildman–Crippen MR) is 99.3 cm³/mol. The number of H-pyrrole nitrogens is 1. The van der Waals surface area contributed by atoms with Crippen LogP contribution in [0.2, 0.25) is 0 Å². The zero-order valence-corrected chi connectivity index (χ0v) is 15.1. The minimum Gasteiger partial charge on any atom is -0.361 e. The lowest BCUT2D eigenvalue weighted by molar-refractivity contribution is -0.143. The van der Waals surface area contributed by atoms with Gasteiger partial charge in [-0.2, -0.15) is 0 Å². The second-order valence-electron chi connectivity index (χ2n) is 6.62. The molecule has 0 spiro atoms. The van der Waals surface area contributed by atoms with Crippen LogP contribution < -0.4 is 0 Å². The Morgan fingerprint density at radius 2 is 2.00 bits per heavy atom. The highest BCUT2D eigenvalue weighted by atomic mass is 16.2. The van der Waals surface area contributed by atoms with Gasteiger partial charge in [-0.3, -0.25) is 9.59 Å². The number of aryl methyl sites for hydroxylation is 1. The van der Waals surface area contributed by atoms with Gasteiger partial charge in [-0.15, -0.1) is 0 Å². The zero-order chi connectivity index (χ0) is 17.8. The number of amides is 2. The van der Waals surface area contributed by atoms with E-state index in [1.165, 1.54) is 5.39 Å². The van der Waals surface area contributed by atoms with Crippen LogP contribution in [0.3, 0.4) is 0 Å². The topological polar surface area (TPSA) is 56.4 Å². The first kappa shape index (κ1) is 17.5. The van der Waals surface area contributed by atoms with E-state index < -0.39 is 0 Å². The number of nitrogens with zero attached hydrogens (tertiary/aromatic N) is 2. The number of likely N-dealkylation sites (tertiary alicyclic amines) is 1. The first-order valence-electron chi connectivity index (χ1n) is 9.29. The second-order valence-corrected chi connectivity index (χ2v) is 6.62. The third-order valence-corrected chi connectivity index (χ3v) is 5.22. The van der Waals surface area contributed by atoms with Gasteiger partial charge in [0.15, 0.2) is 0 Å². The molecule has 1 N–H and O–H groups in total. The average Bonchev–Trinajstić information content (AvgIpc) is 3.28. The molecule has 0 radical (unpaired) electrons. The highest BCUT2D eigenvalue weighted by Gasteiger charge is 2.35. The summed E-state index contributed by atoms with van der Waals surface area (Å²) in [6.45, 7) is 6.07. The Bertz CT molecular complexity index is 748. The summed E-state index contributed by atoms with van der Waals surface area (Å²) < 4.78 is 0. The maximum Gasteiger partial charge on any atom is 0.245 e. The van der Waals surface area contributed by atoms with Gasteiger partial charge in [-0.05, 0) is 44.7 Å². The van der Waals surface area contributed by atoms with Crippen LogP contribution in [0.4, 0.5) is 0 Å². The van der Waals surface area contributed by atoms with Crippen LogP contribution in [0.25, 0.3) is 10.9 Å². The average molecular weight is 341 g/mol. The van der Waals surface area contributed by atoms with Crippen molar-refractivity contribution in [3.8, 4) is 0 Å². The number of aromatic amines is 1. The lowest BCUT2D eigenvalue weighted by Crippen LogP contribution is -2.47. The minimum atomic E-state index is -0.268. The number of nitrogens with one attached hydrogen (secondary N) is 1. The molecule has 1 atom stereocenters. The second kappa shape index (κ2) is 7.72. The summed E-state index contributed by atoms with van der Waals surface area (Å²) in [5, 5.41) is 1.17. The van der Waals surface area contributed by atoms with Crippen molar-refractivity contribution in [3.63, 3.8) is 0 Å². The van der Waals surface area contributed by atoms with E-state index in [0.29, 0.717) is 32.5 Å². The third-order valence-electron chi connectivity index (χ3n) is 5.22. The minimum absolute atomic E-state index is 0.0910. The summed E-state index contributed by atoms with van der Waals surface area (Å²) in [7, 11) is 0. The number of para-hydroxylation sites is 1. The summed E-state index contributed by atoms with van der Waals surface area (Å²) in [5.74, 6) is 0.191. The van der Waals surface area contributed by atoms with Gasteiger partial charge in [0.05, 0.1) is 0 Å². The van der Waals surface area contributed by atoms with E-state index in [-0.39, 0.29) is 17.9 Å². The smallest absolute Gasteiger partial charge is 0.245 e. The fourth-order valence-corrected chi connectivity index (χ4v) is 3.79. The van der Waals surface area contributed by atoms with Crippen molar-refractivity contribution in [2.75, 3.05) is 19.6 Å². The van der Waals surface area contributed by atoms with E-state index in [1.807, 2.05) is 43.1 Å². The number of carbonyl (C=O) groups excluding carboxylic acids is 2. The Hall–Kier alpha value is -2.30. The van der Waals surface area contributed by atoms with Crippen molar-refractivity contribution in [2.24, 2.45) is 0 Å². The monoisotopic (exact) mass is 341 g/mol. The van der Waals surface area contributed by atoms with Gasteiger partial charge in [-0.25, -0.2) is 0 Å². The molecule has 1 aromatic carbocycles. The first-order chi connectivity index (χ1) is 12.2. The molecule has 0 unspecified atom stereocenters. The number of fused-ring (bicyclic) bond motifs is 1. The lowest BCUT2D eigenvalue weighted by Gasteiger charge is -2.29. The Morgan fingerprint density at radius 1 is 1.24 bits per heavy atom. The van der Waals surface area contributed by atoms with Gasteiger partial charge < -0.3 is 14.8 Å². The molecule has 2 heterocycles. The standard InChI is InChI=1S/C20H27N3O2/c1-3-22(4-2)20(25)18-10-7-13-23(18)19(24)12-11-15-14-21-17-9-6-5-8-16(15)17/h5-6,8-9,14,18,21H,3-4,7,10-13H2,1-2H3/t18-/m1/s1. The molecule has 1 aliphatic rings. The van der Waals surface area contributed by atoms with Gasteiger partial charge in [0.1, 0.15) is 6.04 Å². The Morgan fingerprint density at radius 3 is 2.76 bits per heavy atom. The summed E-state index contributed by atoms with van der Waals surface area (Å²) in [6, 6.07) is 7.87. The van der Waals surface area contributed by atoms with Gasteiger partial charge in [0.25, 0.3) is 0 Å². The number of likely N-dealkylation sites (N-methyl/N-ethyl adjacent to an activating group) is 1.